The number of para-hydroxylation sites is 1. The minimum atomic E-state index is -4.54. The highest BCUT2D eigenvalue weighted by Gasteiger charge is 2.35. The number of nitrogens with one attached hydrogen (secondary N) is 1. The van der Waals surface area contributed by atoms with Crippen molar-refractivity contribution >= 4 is 22.7 Å². The molecule has 1 N–H and O–H groups in total. The minimum Gasteiger partial charge on any atom is -0.377 e. The largest absolute Gasteiger partial charge is 0.433 e. The van der Waals surface area contributed by atoms with E-state index in [4.69, 9.17) is 4.74 Å². The third-order valence-electron chi connectivity index (χ3n) is 5.06. The second-order valence-electron chi connectivity index (χ2n) is 7.29. The van der Waals surface area contributed by atoms with E-state index < -0.39 is 11.9 Å². The van der Waals surface area contributed by atoms with Gasteiger partial charge in [-0.1, -0.05) is 18.2 Å². The summed E-state index contributed by atoms with van der Waals surface area (Å²) in [4.78, 5) is 14.9. The van der Waals surface area contributed by atoms with Gasteiger partial charge in [-0.05, 0) is 18.1 Å². The SMILES string of the molecule is CN(C)c1cc(C(F)(F)F)nc(N2CCOCC2Cc2c[nH]c3ccccc23)n1. The van der Waals surface area contributed by atoms with E-state index in [2.05, 4.69) is 15.0 Å². The Balaban J connectivity index is 1.69. The standard InChI is InChI=1S/C20H22F3N5O/c1-27(2)18-10-17(20(21,22)23)25-19(26-18)28-7-8-29-12-14(28)9-13-11-24-16-6-4-3-5-15(13)16/h3-6,10-11,14,24H,7-9,12H2,1-2H3. The molecule has 1 aromatic carbocycles. The average molecular weight is 405 g/mol. The van der Waals surface area contributed by atoms with Gasteiger partial charge in [-0.15, -0.1) is 0 Å². The van der Waals surface area contributed by atoms with Gasteiger partial charge in [0.2, 0.25) is 5.95 Å². The number of halogens is 3. The van der Waals surface area contributed by atoms with Gasteiger partial charge in [0.05, 0.1) is 19.3 Å². The zero-order valence-electron chi connectivity index (χ0n) is 16.2. The maximum atomic E-state index is 13.4. The van der Waals surface area contributed by atoms with Crippen molar-refractivity contribution in [2.75, 3.05) is 43.7 Å². The molecule has 3 aromatic rings. The molecule has 1 atom stereocenters. The maximum absolute atomic E-state index is 13.4. The molecule has 0 spiro atoms. The van der Waals surface area contributed by atoms with Gasteiger partial charge in [0.1, 0.15) is 5.82 Å². The van der Waals surface area contributed by atoms with Gasteiger partial charge in [-0.25, -0.2) is 4.98 Å². The van der Waals surface area contributed by atoms with Crippen molar-refractivity contribution in [1.82, 2.24) is 15.0 Å². The Morgan fingerprint density at radius 1 is 1.24 bits per heavy atom. The molecule has 2 aromatic heterocycles. The summed E-state index contributed by atoms with van der Waals surface area (Å²) in [5.41, 5.74) is 1.17. The lowest BCUT2D eigenvalue weighted by molar-refractivity contribution is -0.141. The summed E-state index contributed by atoms with van der Waals surface area (Å²) in [6.45, 7) is 1.25. The van der Waals surface area contributed by atoms with Gasteiger partial charge in [0.25, 0.3) is 0 Å². The van der Waals surface area contributed by atoms with E-state index in [1.807, 2.05) is 35.4 Å². The van der Waals surface area contributed by atoms with Crippen molar-refractivity contribution in [2.24, 2.45) is 0 Å². The molecular weight excluding hydrogens is 383 g/mol. The molecule has 0 radical (unpaired) electrons. The van der Waals surface area contributed by atoms with Crippen LogP contribution in [0.2, 0.25) is 0 Å². The molecule has 6 nitrogen and oxygen atoms in total. The van der Waals surface area contributed by atoms with Crippen LogP contribution < -0.4 is 9.80 Å². The van der Waals surface area contributed by atoms with Crippen LogP contribution in [0.4, 0.5) is 24.9 Å². The average Bonchev–Trinajstić information content (AvgIpc) is 3.10. The molecule has 1 unspecified atom stereocenters. The summed E-state index contributed by atoms with van der Waals surface area (Å²) in [5, 5.41) is 1.09. The molecule has 3 heterocycles. The summed E-state index contributed by atoms with van der Waals surface area (Å²) in [7, 11) is 3.32. The number of ether oxygens (including phenoxy) is 1. The Kier molecular flexibility index (Phi) is 5.08. The van der Waals surface area contributed by atoms with E-state index in [0.717, 1.165) is 22.5 Å². The number of nitrogens with zero attached hydrogens (tertiary/aromatic N) is 4. The molecule has 0 bridgehead atoms. The lowest BCUT2D eigenvalue weighted by Crippen LogP contribution is -2.47. The predicted octanol–water partition coefficient (Wildman–Crippen LogP) is 3.49. The minimum absolute atomic E-state index is 0.0802. The second kappa shape index (κ2) is 7.55. The Morgan fingerprint density at radius 3 is 2.79 bits per heavy atom. The van der Waals surface area contributed by atoms with Crippen LogP contribution in [0.5, 0.6) is 0 Å². The molecule has 0 aliphatic carbocycles. The van der Waals surface area contributed by atoms with Crippen molar-refractivity contribution in [2.45, 2.75) is 18.6 Å². The van der Waals surface area contributed by atoms with Gasteiger partial charge >= 0.3 is 6.18 Å². The van der Waals surface area contributed by atoms with Gasteiger partial charge in [-0.2, -0.15) is 18.2 Å². The number of morpholine rings is 1. The molecule has 1 aliphatic rings. The highest BCUT2D eigenvalue weighted by atomic mass is 19.4. The molecule has 154 valence electrons. The first-order valence-corrected chi connectivity index (χ1v) is 9.36. The summed E-state index contributed by atoms with van der Waals surface area (Å²) >= 11 is 0. The van der Waals surface area contributed by atoms with Crippen LogP contribution in [0.3, 0.4) is 0 Å². The van der Waals surface area contributed by atoms with Gasteiger partial charge in [0.15, 0.2) is 5.69 Å². The monoisotopic (exact) mass is 405 g/mol. The molecule has 4 rings (SSSR count). The van der Waals surface area contributed by atoms with Crippen molar-refractivity contribution < 1.29 is 17.9 Å². The molecule has 1 aliphatic heterocycles. The van der Waals surface area contributed by atoms with Crippen molar-refractivity contribution in [1.29, 1.82) is 0 Å². The van der Waals surface area contributed by atoms with Crippen molar-refractivity contribution in [3.63, 3.8) is 0 Å². The Hall–Kier alpha value is -2.81. The first-order chi connectivity index (χ1) is 13.8. The normalized spacial score (nSPS) is 17.7. The number of H-pyrrole nitrogens is 1. The molecule has 29 heavy (non-hydrogen) atoms. The third-order valence-corrected chi connectivity index (χ3v) is 5.06. The number of alkyl halides is 3. The molecular formula is C20H22F3N5O. The van der Waals surface area contributed by atoms with E-state index in [0.29, 0.717) is 26.2 Å². The van der Waals surface area contributed by atoms with Gasteiger partial charge in [-0.3, -0.25) is 0 Å². The Labute approximate surface area is 166 Å². The number of aromatic amines is 1. The smallest absolute Gasteiger partial charge is 0.377 e. The first kappa shape index (κ1) is 19.5. The fraction of sp³-hybridized carbons (Fsp3) is 0.400. The lowest BCUT2D eigenvalue weighted by atomic mass is 10.0. The van der Waals surface area contributed by atoms with E-state index in [-0.39, 0.29) is 17.8 Å². The fourth-order valence-corrected chi connectivity index (χ4v) is 3.57. The lowest BCUT2D eigenvalue weighted by Gasteiger charge is -2.36. The summed E-state index contributed by atoms with van der Waals surface area (Å²) in [6, 6.07) is 8.75. The molecule has 1 fully saturated rings. The molecule has 1 saturated heterocycles. The highest BCUT2D eigenvalue weighted by Crippen LogP contribution is 2.32. The number of benzene rings is 1. The zero-order chi connectivity index (χ0) is 20.6. The predicted molar refractivity (Wildman–Crippen MR) is 105 cm³/mol. The van der Waals surface area contributed by atoms with Crippen LogP contribution in [0.15, 0.2) is 36.5 Å². The molecule has 9 heteroatoms. The fourth-order valence-electron chi connectivity index (χ4n) is 3.57. The van der Waals surface area contributed by atoms with Crippen molar-refractivity contribution in [3.05, 3.63) is 47.8 Å². The number of fused-ring (bicyclic) bond motifs is 1. The summed E-state index contributed by atoms with van der Waals surface area (Å²) in [6.07, 6.45) is -1.99. The van der Waals surface area contributed by atoms with Crippen molar-refractivity contribution in [3.8, 4) is 0 Å². The van der Waals surface area contributed by atoms with E-state index >= 15 is 0 Å². The van der Waals surface area contributed by atoms with Gasteiger partial charge in [0, 0.05) is 43.8 Å². The molecule has 0 amide bonds. The Morgan fingerprint density at radius 2 is 2.03 bits per heavy atom. The second-order valence-corrected chi connectivity index (χ2v) is 7.29. The van der Waals surface area contributed by atoms with Crippen LogP contribution in [-0.4, -0.2) is 54.8 Å². The van der Waals surface area contributed by atoms with Crippen LogP contribution in [0, 0.1) is 0 Å². The van der Waals surface area contributed by atoms with E-state index in [9.17, 15) is 13.2 Å². The quantitative estimate of drug-likeness (QED) is 0.720. The number of hydrogen-bond acceptors (Lipinski definition) is 5. The first-order valence-electron chi connectivity index (χ1n) is 9.36. The van der Waals surface area contributed by atoms with E-state index in [1.54, 1.807) is 19.0 Å². The van der Waals surface area contributed by atoms with Gasteiger partial charge < -0.3 is 19.5 Å². The maximum Gasteiger partial charge on any atom is 0.433 e. The number of rotatable bonds is 4. The Bertz CT molecular complexity index is 1000. The summed E-state index contributed by atoms with van der Waals surface area (Å²) < 4.78 is 45.8. The number of anilines is 2. The summed E-state index contributed by atoms with van der Waals surface area (Å²) in [5.74, 6) is 0.302. The van der Waals surface area contributed by atoms with Crippen LogP contribution in [0.1, 0.15) is 11.3 Å². The van der Waals surface area contributed by atoms with E-state index in [1.165, 1.54) is 0 Å². The zero-order valence-corrected chi connectivity index (χ0v) is 16.2. The third kappa shape index (κ3) is 4.00. The van der Waals surface area contributed by atoms with Crippen LogP contribution in [-0.2, 0) is 17.3 Å². The number of aromatic nitrogens is 3. The van der Waals surface area contributed by atoms with Crippen LogP contribution in [0.25, 0.3) is 10.9 Å². The van der Waals surface area contributed by atoms with Crippen LogP contribution >= 0.6 is 0 Å². The highest BCUT2D eigenvalue weighted by molar-refractivity contribution is 5.83. The molecule has 0 saturated carbocycles. The number of hydrogen-bond donors (Lipinski definition) is 1. The topological polar surface area (TPSA) is 57.3 Å².